The molecule has 0 radical (unpaired) electrons. The van der Waals surface area contributed by atoms with E-state index < -0.39 is 6.10 Å². The summed E-state index contributed by atoms with van der Waals surface area (Å²) in [6.45, 7) is 5.88. The van der Waals surface area contributed by atoms with E-state index in [2.05, 4.69) is 0 Å². The molecule has 0 fully saturated rings. The Morgan fingerprint density at radius 3 is 2.31 bits per heavy atom. The fourth-order valence-electron chi connectivity index (χ4n) is 1.19. The lowest BCUT2D eigenvalue weighted by Gasteiger charge is -2.26. The molecule has 2 nitrogen and oxygen atoms in total. The highest BCUT2D eigenvalue weighted by Gasteiger charge is 2.23. The van der Waals surface area contributed by atoms with E-state index in [-0.39, 0.29) is 11.2 Å². The molecule has 2 N–H and O–H groups in total. The smallest absolute Gasteiger partial charge is 0.115 e. The number of hydrogen-bond acceptors (Lipinski definition) is 2. The Balaban J connectivity index is 2.96. The zero-order valence-corrected chi connectivity index (χ0v) is 8.28. The maximum atomic E-state index is 9.87. The molecule has 0 aromatic heterocycles. The van der Waals surface area contributed by atoms with Crippen molar-refractivity contribution in [2.75, 3.05) is 0 Å². The molecule has 0 heterocycles. The highest BCUT2D eigenvalue weighted by molar-refractivity contribution is 5.29. The first-order valence-electron chi connectivity index (χ1n) is 4.38. The van der Waals surface area contributed by atoms with Crippen LogP contribution in [0.15, 0.2) is 24.3 Å². The SMILES string of the molecule is CC(C)(C)C(O)c1cccc(O)c1. The third-order valence-electron chi connectivity index (χ3n) is 2.01. The van der Waals surface area contributed by atoms with Crippen LogP contribution in [0.4, 0.5) is 0 Å². The third kappa shape index (κ3) is 2.46. The van der Waals surface area contributed by atoms with Crippen LogP contribution in [-0.4, -0.2) is 10.2 Å². The van der Waals surface area contributed by atoms with Gasteiger partial charge >= 0.3 is 0 Å². The van der Waals surface area contributed by atoms with Gasteiger partial charge in [0, 0.05) is 0 Å². The maximum absolute atomic E-state index is 9.87. The second kappa shape index (κ2) is 3.38. The van der Waals surface area contributed by atoms with Gasteiger partial charge in [-0.25, -0.2) is 0 Å². The van der Waals surface area contributed by atoms with Gasteiger partial charge < -0.3 is 10.2 Å². The van der Waals surface area contributed by atoms with Gasteiger partial charge in [0.15, 0.2) is 0 Å². The minimum atomic E-state index is -0.542. The third-order valence-corrected chi connectivity index (χ3v) is 2.01. The van der Waals surface area contributed by atoms with Crippen molar-refractivity contribution < 1.29 is 10.2 Å². The quantitative estimate of drug-likeness (QED) is 0.697. The van der Waals surface area contributed by atoms with Gasteiger partial charge in [-0.15, -0.1) is 0 Å². The zero-order chi connectivity index (χ0) is 10.1. The highest BCUT2D eigenvalue weighted by atomic mass is 16.3. The number of aliphatic hydroxyl groups is 1. The lowest BCUT2D eigenvalue weighted by molar-refractivity contribution is 0.0625. The number of phenolic OH excluding ortho intramolecular Hbond substituents is 1. The topological polar surface area (TPSA) is 40.5 Å². The van der Waals surface area contributed by atoms with Gasteiger partial charge in [0.1, 0.15) is 5.75 Å². The summed E-state index contributed by atoms with van der Waals surface area (Å²) in [7, 11) is 0. The number of rotatable bonds is 1. The van der Waals surface area contributed by atoms with Crippen molar-refractivity contribution in [3.05, 3.63) is 29.8 Å². The summed E-state index contributed by atoms with van der Waals surface area (Å²) in [6.07, 6.45) is -0.542. The molecule has 1 aromatic rings. The lowest BCUT2D eigenvalue weighted by atomic mass is 9.85. The molecule has 0 bridgehead atoms. The molecule has 2 heteroatoms. The van der Waals surface area contributed by atoms with Crippen LogP contribution in [-0.2, 0) is 0 Å². The largest absolute Gasteiger partial charge is 0.508 e. The molecule has 0 spiro atoms. The Morgan fingerprint density at radius 2 is 1.85 bits per heavy atom. The first-order chi connectivity index (χ1) is 5.91. The summed E-state index contributed by atoms with van der Waals surface area (Å²) in [4.78, 5) is 0. The van der Waals surface area contributed by atoms with Gasteiger partial charge in [-0.3, -0.25) is 0 Å². The van der Waals surface area contributed by atoms with Crippen molar-refractivity contribution in [2.45, 2.75) is 26.9 Å². The van der Waals surface area contributed by atoms with E-state index in [0.29, 0.717) is 0 Å². The Morgan fingerprint density at radius 1 is 1.23 bits per heavy atom. The predicted molar refractivity (Wildman–Crippen MR) is 52.5 cm³/mol. The molecule has 0 aliphatic rings. The van der Waals surface area contributed by atoms with E-state index in [1.807, 2.05) is 26.8 Å². The first kappa shape index (κ1) is 10.1. The molecular weight excluding hydrogens is 164 g/mol. The summed E-state index contributed by atoms with van der Waals surface area (Å²) in [5.74, 6) is 0.195. The normalized spacial score (nSPS) is 14.2. The molecule has 0 saturated heterocycles. The van der Waals surface area contributed by atoms with E-state index >= 15 is 0 Å². The van der Waals surface area contributed by atoms with E-state index in [9.17, 15) is 10.2 Å². The molecule has 0 aliphatic carbocycles. The second-order valence-electron chi connectivity index (χ2n) is 4.36. The van der Waals surface area contributed by atoms with Crippen molar-refractivity contribution in [3.8, 4) is 5.75 Å². The van der Waals surface area contributed by atoms with Crippen LogP contribution in [0.2, 0.25) is 0 Å². The fourth-order valence-corrected chi connectivity index (χ4v) is 1.19. The average Bonchev–Trinajstić information content (AvgIpc) is 2.01. The van der Waals surface area contributed by atoms with Gasteiger partial charge in [-0.1, -0.05) is 32.9 Å². The number of benzene rings is 1. The lowest BCUT2D eigenvalue weighted by Crippen LogP contribution is -2.17. The first-order valence-corrected chi connectivity index (χ1v) is 4.38. The standard InChI is InChI=1S/C11H16O2/c1-11(2,3)10(13)8-5-4-6-9(12)7-8/h4-7,10,12-13H,1-3H3. The van der Waals surface area contributed by atoms with Crippen LogP contribution in [0.3, 0.4) is 0 Å². The van der Waals surface area contributed by atoms with Crippen molar-refractivity contribution in [1.29, 1.82) is 0 Å². The maximum Gasteiger partial charge on any atom is 0.115 e. The summed E-state index contributed by atoms with van der Waals surface area (Å²) in [5.41, 5.74) is 0.556. The summed E-state index contributed by atoms with van der Waals surface area (Å²) >= 11 is 0. The van der Waals surface area contributed by atoms with Crippen LogP contribution in [0.1, 0.15) is 32.4 Å². The molecule has 1 unspecified atom stereocenters. The molecule has 1 aromatic carbocycles. The predicted octanol–water partition coefficient (Wildman–Crippen LogP) is 2.47. The van der Waals surface area contributed by atoms with Crippen molar-refractivity contribution in [1.82, 2.24) is 0 Å². The number of aliphatic hydroxyl groups excluding tert-OH is 1. The Kier molecular flexibility index (Phi) is 2.62. The van der Waals surface area contributed by atoms with E-state index in [4.69, 9.17) is 0 Å². The van der Waals surface area contributed by atoms with Gasteiger partial charge in [-0.2, -0.15) is 0 Å². The summed E-state index contributed by atoms with van der Waals surface area (Å²) in [6, 6.07) is 6.74. The molecule has 1 atom stereocenters. The van der Waals surface area contributed by atoms with Crippen molar-refractivity contribution in [3.63, 3.8) is 0 Å². The fraction of sp³-hybridized carbons (Fsp3) is 0.455. The zero-order valence-electron chi connectivity index (χ0n) is 8.28. The summed E-state index contributed by atoms with van der Waals surface area (Å²) < 4.78 is 0. The van der Waals surface area contributed by atoms with Crippen molar-refractivity contribution >= 4 is 0 Å². The van der Waals surface area contributed by atoms with E-state index in [0.717, 1.165) is 5.56 Å². The van der Waals surface area contributed by atoms with Gasteiger partial charge in [-0.05, 0) is 23.1 Å². The number of hydrogen-bond donors (Lipinski definition) is 2. The van der Waals surface area contributed by atoms with E-state index in [1.165, 1.54) is 0 Å². The van der Waals surface area contributed by atoms with Gasteiger partial charge in [0.05, 0.1) is 6.10 Å². The van der Waals surface area contributed by atoms with Gasteiger partial charge in [0.2, 0.25) is 0 Å². The summed E-state index contributed by atoms with van der Waals surface area (Å²) in [5, 5.41) is 19.1. The minimum Gasteiger partial charge on any atom is -0.508 e. The minimum absolute atomic E-state index is 0.195. The Labute approximate surface area is 78.8 Å². The van der Waals surface area contributed by atoms with Crippen LogP contribution in [0.5, 0.6) is 5.75 Å². The second-order valence-corrected chi connectivity index (χ2v) is 4.36. The highest BCUT2D eigenvalue weighted by Crippen LogP contribution is 2.33. The molecule has 0 amide bonds. The van der Waals surface area contributed by atoms with Crippen LogP contribution < -0.4 is 0 Å². The van der Waals surface area contributed by atoms with E-state index in [1.54, 1.807) is 18.2 Å². The Bertz CT molecular complexity index is 286. The van der Waals surface area contributed by atoms with Crippen LogP contribution >= 0.6 is 0 Å². The Hall–Kier alpha value is -1.02. The molecular formula is C11H16O2. The molecule has 0 saturated carbocycles. The average molecular weight is 180 g/mol. The monoisotopic (exact) mass is 180 g/mol. The molecule has 13 heavy (non-hydrogen) atoms. The van der Waals surface area contributed by atoms with Gasteiger partial charge in [0.25, 0.3) is 0 Å². The number of phenols is 1. The molecule has 72 valence electrons. The van der Waals surface area contributed by atoms with Crippen molar-refractivity contribution in [2.24, 2.45) is 5.41 Å². The van der Waals surface area contributed by atoms with Crippen LogP contribution in [0, 0.1) is 5.41 Å². The molecule has 1 rings (SSSR count). The molecule has 0 aliphatic heterocycles. The number of aromatic hydroxyl groups is 1. The van der Waals surface area contributed by atoms with Crippen LogP contribution in [0.25, 0.3) is 0 Å².